The number of amides is 1. The fraction of sp³-hybridized carbons (Fsp3) is 0.833. The summed E-state index contributed by atoms with van der Waals surface area (Å²) < 4.78 is 4.86. The van der Waals surface area contributed by atoms with E-state index in [1.807, 2.05) is 0 Å². The molecule has 0 unspecified atom stereocenters. The van der Waals surface area contributed by atoms with Gasteiger partial charge in [0.05, 0.1) is 13.2 Å². The molecule has 3 N–H and O–H groups in total. The maximum Gasteiger partial charge on any atom is 0.239 e. The molecule has 0 aromatic rings. The minimum Gasteiger partial charge on any atom is -0.383 e. The predicted molar refractivity (Wildman–Crippen MR) is 87.1 cm³/mol. The Hall–Kier alpha value is -0.570. The van der Waals surface area contributed by atoms with Crippen molar-refractivity contribution in [3.8, 4) is 0 Å². The average molecular weight is 384 g/mol. The van der Waals surface area contributed by atoms with Crippen LogP contribution >= 0.6 is 24.0 Å². The van der Waals surface area contributed by atoms with Crippen LogP contribution in [0.2, 0.25) is 0 Å². The van der Waals surface area contributed by atoms with Crippen molar-refractivity contribution in [1.29, 1.82) is 0 Å². The lowest BCUT2D eigenvalue weighted by atomic mass is 10.2. The van der Waals surface area contributed by atoms with Crippen LogP contribution in [0.4, 0.5) is 0 Å². The standard InChI is InChI=1S/C12H24N4O2.HI/c1-13-12(16-10-5-3-4-6-10)15-9-11(17)14-7-8-18-2;/h10H,3-9H2,1-2H3,(H,14,17)(H2,13,15,16);1H. The summed E-state index contributed by atoms with van der Waals surface area (Å²) in [4.78, 5) is 15.6. The van der Waals surface area contributed by atoms with Crippen LogP contribution in [0.15, 0.2) is 4.99 Å². The Labute approximate surface area is 132 Å². The Bertz CT molecular complexity index is 281. The molecule has 0 spiro atoms. The smallest absolute Gasteiger partial charge is 0.239 e. The van der Waals surface area contributed by atoms with Gasteiger partial charge in [-0.25, -0.2) is 0 Å². The van der Waals surface area contributed by atoms with E-state index in [1.54, 1.807) is 14.2 Å². The van der Waals surface area contributed by atoms with Gasteiger partial charge in [-0.3, -0.25) is 9.79 Å². The fourth-order valence-electron chi connectivity index (χ4n) is 1.98. The molecule has 1 rings (SSSR count). The number of nitrogens with one attached hydrogen (secondary N) is 3. The highest BCUT2D eigenvalue weighted by atomic mass is 127. The lowest BCUT2D eigenvalue weighted by Crippen LogP contribution is -2.46. The summed E-state index contributed by atoms with van der Waals surface area (Å²) in [5.41, 5.74) is 0. The van der Waals surface area contributed by atoms with E-state index in [-0.39, 0.29) is 36.4 Å². The van der Waals surface area contributed by atoms with Gasteiger partial charge in [-0.2, -0.15) is 0 Å². The Balaban J connectivity index is 0.00000324. The first kappa shape index (κ1) is 18.4. The molecule has 1 saturated carbocycles. The minimum atomic E-state index is -0.0542. The van der Waals surface area contributed by atoms with Gasteiger partial charge in [0.2, 0.25) is 5.91 Å². The highest BCUT2D eigenvalue weighted by Crippen LogP contribution is 2.17. The van der Waals surface area contributed by atoms with Crippen LogP contribution in [0.1, 0.15) is 25.7 Å². The topological polar surface area (TPSA) is 74.8 Å². The second-order valence-electron chi connectivity index (χ2n) is 4.39. The molecule has 0 heterocycles. The number of guanidine groups is 1. The molecule has 0 bridgehead atoms. The molecule has 19 heavy (non-hydrogen) atoms. The van der Waals surface area contributed by atoms with Crippen LogP contribution in [-0.2, 0) is 9.53 Å². The third-order valence-electron chi connectivity index (χ3n) is 2.96. The van der Waals surface area contributed by atoms with Crippen molar-refractivity contribution >= 4 is 35.8 Å². The molecule has 1 fully saturated rings. The molecule has 6 nitrogen and oxygen atoms in total. The molecule has 0 radical (unpaired) electrons. The number of hydrogen-bond donors (Lipinski definition) is 3. The van der Waals surface area contributed by atoms with E-state index < -0.39 is 0 Å². The summed E-state index contributed by atoms with van der Waals surface area (Å²) in [6.45, 7) is 1.29. The Morgan fingerprint density at radius 2 is 2.00 bits per heavy atom. The lowest BCUT2D eigenvalue weighted by Gasteiger charge is -2.16. The van der Waals surface area contributed by atoms with Crippen molar-refractivity contribution in [1.82, 2.24) is 16.0 Å². The van der Waals surface area contributed by atoms with Crippen LogP contribution in [0, 0.1) is 0 Å². The first-order chi connectivity index (χ1) is 8.76. The number of methoxy groups -OCH3 is 1. The molecule has 7 heteroatoms. The zero-order valence-corrected chi connectivity index (χ0v) is 14.0. The summed E-state index contributed by atoms with van der Waals surface area (Å²) in [6, 6.07) is 0.493. The molecule has 1 amide bonds. The van der Waals surface area contributed by atoms with Gasteiger partial charge in [0.1, 0.15) is 0 Å². The van der Waals surface area contributed by atoms with Crippen molar-refractivity contribution in [2.24, 2.45) is 4.99 Å². The third kappa shape index (κ3) is 8.25. The van der Waals surface area contributed by atoms with Crippen molar-refractivity contribution in [3.63, 3.8) is 0 Å². The molecule has 1 aliphatic rings. The van der Waals surface area contributed by atoms with E-state index in [0.717, 1.165) is 0 Å². The van der Waals surface area contributed by atoms with Crippen molar-refractivity contribution in [2.45, 2.75) is 31.7 Å². The summed E-state index contributed by atoms with van der Waals surface area (Å²) in [7, 11) is 3.32. The van der Waals surface area contributed by atoms with Crippen LogP contribution in [-0.4, -0.2) is 51.8 Å². The molecule has 0 aromatic heterocycles. The Morgan fingerprint density at radius 1 is 1.32 bits per heavy atom. The average Bonchev–Trinajstić information content (AvgIpc) is 2.87. The highest BCUT2D eigenvalue weighted by Gasteiger charge is 2.15. The van der Waals surface area contributed by atoms with E-state index in [9.17, 15) is 4.79 Å². The second kappa shape index (κ2) is 11.3. The normalized spacial score (nSPS) is 15.8. The number of aliphatic imine (C=N–C) groups is 1. The number of nitrogens with zero attached hydrogens (tertiary/aromatic N) is 1. The molecule has 0 aromatic carbocycles. The van der Waals surface area contributed by atoms with Crippen molar-refractivity contribution in [3.05, 3.63) is 0 Å². The predicted octanol–water partition coefficient (Wildman–Crippen LogP) is 0.475. The van der Waals surface area contributed by atoms with Crippen LogP contribution in [0.25, 0.3) is 0 Å². The van der Waals surface area contributed by atoms with Gasteiger partial charge < -0.3 is 20.7 Å². The van der Waals surface area contributed by atoms with Crippen LogP contribution in [0.5, 0.6) is 0 Å². The maximum atomic E-state index is 11.5. The van der Waals surface area contributed by atoms with Gasteiger partial charge in [-0.15, -0.1) is 24.0 Å². The summed E-state index contributed by atoms with van der Waals surface area (Å²) in [6.07, 6.45) is 4.90. The van der Waals surface area contributed by atoms with Crippen molar-refractivity contribution < 1.29 is 9.53 Å². The van der Waals surface area contributed by atoms with E-state index in [2.05, 4.69) is 20.9 Å². The molecule has 0 atom stereocenters. The molecule has 112 valence electrons. The van der Waals surface area contributed by atoms with Gasteiger partial charge in [0, 0.05) is 26.7 Å². The van der Waals surface area contributed by atoms with Gasteiger partial charge in [-0.1, -0.05) is 12.8 Å². The number of halogens is 1. The first-order valence-electron chi connectivity index (χ1n) is 6.49. The lowest BCUT2D eigenvalue weighted by molar-refractivity contribution is -0.120. The highest BCUT2D eigenvalue weighted by molar-refractivity contribution is 14.0. The van der Waals surface area contributed by atoms with Gasteiger partial charge in [0.15, 0.2) is 5.96 Å². The molecular formula is C12H25IN4O2. The van der Waals surface area contributed by atoms with E-state index in [4.69, 9.17) is 4.74 Å². The molecular weight excluding hydrogens is 359 g/mol. The fourth-order valence-corrected chi connectivity index (χ4v) is 1.98. The zero-order chi connectivity index (χ0) is 13.2. The van der Waals surface area contributed by atoms with E-state index >= 15 is 0 Å². The number of ether oxygens (including phenoxy) is 1. The summed E-state index contributed by atoms with van der Waals surface area (Å²) in [5.74, 6) is 0.644. The van der Waals surface area contributed by atoms with E-state index in [1.165, 1.54) is 25.7 Å². The third-order valence-corrected chi connectivity index (χ3v) is 2.96. The van der Waals surface area contributed by atoms with Crippen LogP contribution < -0.4 is 16.0 Å². The monoisotopic (exact) mass is 384 g/mol. The first-order valence-corrected chi connectivity index (χ1v) is 6.49. The molecule has 1 aliphatic carbocycles. The summed E-state index contributed by atoms with van der Waals surface area (Å²) >= 11 is 0. The Morgan fingerprint density at radius 3 is 2.58 bits per heavy atom. The molecule has 0 aliphatic heterocycles. The van der Waals surface area contributed by atoms with Gasteiger partial charge in [-0.05, 0) is 12.8 Å². The number of carbonyl (C=O) groups is 1. The van der Waals surface area contributed by atoms with Gasteiger partial charge >= 0.3 is 0 Å². The van der Waals surface area contributed by atoms with E-state index in [0.29, 0.717) is 25.2 Å². The SMILES string of the molecule is CN=C(NCC(=O)NCCOC)NC1CCCC1.I. The van der Waals surface area contributed by atoms with Crippen molar-refractivity contribution in [2.75, 3.05) is 33.9 Å². The molecule has 0 saturated heterocycles. The number of carbonyl (C=O) groups excluding carboxylic acids is 1. The van der Waals surface area contributed by atoms with Gasteiger partial charge in [0.25, 0.3) is 0 Å². The summed E-state index contributed by atoms with van der Waals surface area (Å²) in [5, 5.41) is 9.08. The minimum absolute atomic E-state index is 0. The van der Waals surface area contributed by atoms with Crippen LogP contribution in [0.3, 0.4) is 0 Å². The second-order valence-corrected chi connectivity index (χ2v) is 4.39. The quantitative estimate of drug-likeness (QED) is 0.270. The zero-order valence-electron chi connectivity index (χ0n) is 11.7. The number of hydrogen-bond acceptors (Lipinski definition) is 3. The maximum absolute atomic E-state index is 11.5. The largest absolute Gasteiger partial charge is 0.383 e. The Kier molecular flexibility index (Phi) is 10.9. The number of rotatable bonds is 6.